The molecule has 1 aromatic carbocycles. The number of nitrogens with zero attached hydrogens (tertiary/aromatic N) is 1. The molecule has 6 nitrogen and oxygen atoms in total. The molecule has 27 heavy (non-hydrogen) atoms. The average Bonchev–Trinajstić information content (AvgIpc) is 3.39. The Hall–Kier alpha value is -1.76. The minimum Gasteiger partial charge on any atom is -0.493 e. The quantitative estimate of drug-likeness (QED) is 0.523. The number of hydrogen-bond acceptors (Lipinski definition) is 4. The number of guanidine groups is 1. The molecule has 2 aliphatic rings. The van der Waals surface area contributed by atoms with Gasteiger partial charge in [0.05, 0.1) is 24.7 Å². The smallest absolute Gasteiger partial charge is 0.191 e. The second-order valence-corrected chi connectivity index (χ2v) is 9.94. The Morgan fingerprint density at radius 2 is 2.04 bits per heavy atom. The predicted molar refractivity (Wildman–Crippen MR) is 109 cm³/mol. The van der Waals surface area contributed by atoms with Crippen LogP contribution in [0.5, 0.6) is 5.75 Å². The van der Waals surface area contributed by atoms with Crippen molar-refractivity contribution >= 4 is 15.8 Å². The minimum atomic E-state index is -2.85. The number of sulfone groups is 1. The summed E-state index contributed by atoms with van der Waals surface area (Å²) in [5, 5.41) is 6.53. The molecule has 1 saturated carbocycles. The van der Waals surface area contributed by atoms with Gasteiger partial charge in [0.15, 0.2) is 15.8 Å². The fourth-order valence-corrected chi connectivity index (χ4v) is 5.06. The summed E-state index contributed by atoms with van der Waals surface area (Å²) in [6.45, 7) is 6.79. The predicted octanol–water partition coefficient (Wildman–Crippen LogP) is 2.27. The van der Waals surface area contributed by atoms with Gasteiger partial charge in [0.25, 0.3) is 0 Å². The molecule has 7 heteroatoms. The van der Waals surface area contributed by atoms with E-state index in [1.807, 2.05) is 6.92 Å². The van der Waals surface area contributed by atoms with Crippen molar-refractivity contribution in [2.75, 3.05) is 31.2 Å². The number of rotatable bonds is 8. The van der Waals surface area contributed by atoms with E-state index < -0.39 is 9.84 Å². The van der Waals surface area contributed by atoms with Gasteiger partial charge in [0.1, 0.15) is 5.75 Å². The Labute approximate surface area is 162 Å². The highest BCUT2D eigenvalue weighted by Crippen LogP contribution is 2.31. The zero-order valence-electron chi connectivity index (χ0n) is 16.3. The summed E-state index contributed by atoms with van der Waals surface area (Å²) < 4.78 is 29.2. The summed E-state index contributed by atoms with van der Waals surface area (Å²) >= 11 is 0. The molecule has 1 saturated heterocycles. The molecular formula is C20H31N3O3S. The van der Waals surface area contributed by atoms with Crippen LogP contribution in [0, 0.1) is 18.8 Å². The zero-order valence-corrected chi connectivity index (χ0v) is 17.1. The van der Waals surface area contributed by atoms with E-state index >= 15 is 0 Å². The second-order valence-electron chi connectivity index (χ2n) is 7.71. The standard InChI is InChI=1S/C20H31N3O3S/c1-3-21-20(22-11-17-8-9-27(24,25)14-17)23-12-18-7-4-15(2)10-19(18)26-13-16-5-6-16/h4,7,10,16-17H,3,5-6,8-9,11-14H2,1-2H3,(H2,21,22,23). The van der Waals surface area contributed by atoms with Crippen molar-refractivity contribution < 1.29 is 13.2 Å². The third-order valence-electron chi connectivity index (χ3n) is 5.03. The highest BCUT2D eigenvalue weighted by molar-refractivity contribution is 7.91. The molecule has 0 bridgehead atoms. The number of benzene rings is 1. The molecule has 1 heterocycles. The van der Waals surface area contributed by atoms with Crippen LogP contribution in [0.4, 0.5) is 0 Å². The van der Waals surface area contributed by atoms with Crippen molar-refractivity contribution in [3.63, 3.8) is 0 Å². The minimum absolute atomic E-state index is 0.163. The molecule has 2 fully saturated rings. The Bertz CT molecular complexity index is 773. The highest BCUT2D eigenvalue weighted by atomic mass is 32.2. The molecule has 0 radical (unpaired) electrons. The maximum atomic E-state index is 11.6. The Morgan fingerprint density at radius 3 is 2.70 bits per heavy atom. The summed E-state index contributed by atoms with van der Waals surface area (Å²) in [7, 11) is -2.85. The topological polar surface area (TPSA) is 79.8 Å². The largest absolute Gasteiger partial charge is 0.493 e. The van der Waals surface area contributed by atoms with E-state index in [2.05, 4.69) is 40.7 Å². The van der Waals surface area contributed by atoms with Crippen LogP contribution in [0.1, 0.15) is 37.3 Å². The molecule has 1 aliphatic heterocycles. The molecule has 0 aromatic heterocycles. The maximum Gasteiger partial charge on any atom is 0.191 e. The molecule has 1 unspecified atom stereocenters. The first-order valence-electron chi connectivity index (χ1n) is 9.90. The van der Waals surface area contributed by atoms with Crippen LogP contribution in [-0.4, -0.2) is 45.6 Å². The molecule has 1 atom stereocenters. The van der Waals surface area contributed by atoms with Gasteiger partial charge in [0.2, 0.25) is 0 Å². The SMILES string of the molecule is CCNC(=NCc1ccc(C)cc1OCC1CC1)NCC1CCS(=O)(=O)C1. The van der Waals surface area contributed by atoms with Crippen molar-refractivity contribution in [2.45, 2.75) is 39.7 Å². The van der Waals surface area contributed by atoms with E-state index in [1.54, 1.807) is 0 Å². The lowest BCUT2D eigenvalue weighted by molar-refractivity contribution is 0.296. The number of ether oxygens (including phenoxy) is 1. The van der Waals surface area contributed by atoms with E-state index in [-0.39, 0.29) is 11.7 Å². The van der Waals surface area contributed by atoms with Gasteiger partial charge in [-0.2, -0.15) is 0 Å². The average molecular weight is 394 g/mol. The molecule has 1 aliphatic carbocycles. The summed E-state index contributed by atoms with van der Waals surface area (Å²) in [6, 6.07) is 6.24. The Morgan fingerprint density at radius 1 is 1.22 bits per heavy atom. The van der Waals surface area contributed by atoms with E-state index in [4.69, 9.17) is 4.74 Å². The third-order valence-corrected chi connectivity index (χ3v) is 6.87. The van der Waals surface area contributed by atoms with Crippen molar-refractivity contribution in [2.24, 2.45) is 16.8 Å². The summed E-state index contributed by atoms with van der Waals surface area (Å²) in [5.41, 5.74) is 2.25. The molecule has 0 amide bonds. The number of nitrogens with one attached hydrogen (secondary N) is 2. The van der Waals surface area contributed by atoms with Gasteiger partial charge >= 0.3 is 0 Å². The molecule has 1 aromatic rings. The van der Waals surface area contributed by atoms with Gasteiger partial charge in [-0.25, -0.2) is 13.4 Å². The number of aryl methyl sites for hydroxylation is 1. The lowest BCUT2D eigenvalue weighted by Crippen LogP contribution is -2.40. The highest BCUT2D eigenvalue weighted by Gasteiger charge is 2.27. The first-order chi connectivity index (χ1) is 12.9. The van der Waals surface area contributed by atoms with Crippen LogP contribution in [0.25, 0.3) is 0 Å². The zero-order chi connectivity index (χ0) is 19.3. The van der Waals surface area contributed by atoms with E-state index in [0.29, 0.717) is 24.8 Å². The molecular weight excluding hydrogens is 362 g/mol. The van der Waals surface area contributed by atoms with E-state index in [1.165, 1.54) is 18.4 Å². The van der Waals surface area contributed by atoms with Crippen LogP contribution in [0.15, 0.2) is 23.2 Å². The first-order valence-corrected chi connectivity index (χ1v) is 11.7. The van der Waals surface area contributed by atoms with Crippen molar-refractivity contribution in [3.05, 3.63) is 29.3 Å². The lowest BCUT2D eigenvalue weighted by atomic mass is 10.1. The fraction of sp³-hybridized carbons (Fsp3) is 0.650. The van der Waals surface area contributed by atoms with Gasteiger partial charge in [0, 0.05) is 18.7 Å². The van der Waals surface area contributed by atoms with Gasteiger partial charge in [-0.15, -0.1) is 0 Å². The van der Waals surface area contributed by atoms with Crippen LogP contribution >= 0.6 is 0 Å². The summed E-state index contributed by atoms with van der Waals surface area (Å²) in [6.07, 6.45) is 3.27. The molecule has 3 rings (SSSR count). The number of aliphatic imine (C=N–C) groups is 1. The number of hydrogen-bond donors (Lipinski definition) is 2. The molecule has 150 valence electrons. The Balaban J connectivity index is 1.60. The van der Waals surface area contributed by atoms with Crippen molar-refractivity contribution in [3.8, 4) is 5.75 Å². The van der Waals surface area contributed by atoms with E-state index in [0.717, 1.165) is 36.8 Å². The van der Waals surface area contributed by atoms with Crippen LogP contribution in [-0.2, 0) is 16.4 Å². The van der Waals surface area contributed by atoms with Crippen LogP contribution in [0.2, 0.25) is 0 Å². The normalized spacial score (nSPS) is 21.9. The summed E-state index contributed by atoms with van der Waals surface area (Å²) in [5.74, 6) is 3.09. The summed E-state index contributed by atoms with van der Waals surface area (Å²) in [4.78, 5) is 4.68. The lowest BCUT2D eigenvalue weighted by Gasteiger charge is -2.15. The maximum absolute atomic E-state index is 11.6. The fourth-order valence-electron chi connectivity index (χ4n) is 3.20. The van der Waals surface area contributed by atoms with Crippen LogP contribution in [0.3, 0.4) is 0 Å². The van der Waals surface area contributed by atoms with Crippen molar-refractivity contribution in [1.82, 2.24) is 10.6 Å². The van der Waals surface area contributed by atoms with Crippen LogP contribution < -0.4 is 15.4 Å². The van der Waals surface area contributed by atoms with Gasteiger partial charge in [-0.05, 0) is 56.6 Å². The van der Waals surface area contributed by atoms with Gasteiger partial charge in [-0.3, -0.25) is 0 Å². The second kappa shape index (κ2) is 8.95. The molecule has 2 N–H and O–H groups in total. The van der Waals surface area contributed by atoms with Gasteiger partial charge < -0.3 is 15.4 Å². The van der Waals surface area contributed by atoms with Gasteiger partial charge in [-0.1, -0.05) is 12.1 Å². The molecule has 0 spiro atoms. The monoisotopic (exact) mass is 393 g/mol. The third kappa shape index (κ3) is 6.41. The first kappa shape index (κ1) is 20.0. The van der Waals surface area contributed by atoms with Crippen molar-refractivity contribution in [1.29, 1.82) is 0 Å². The Kier molecular flexibility index (Phi) is 6.63. The van der Waals surface area contributed by atoms with E-state index in [9.17, 15) is 8.42 Å².